The van der Waals surface area contributed by atoms with E-state index in [4.69, 9.17) is 11.5 Å². The van der Waals surface area contributed by atoms with Crippen LogP contribution in [0.3, 0.4) is 0 Å². The monoisotopic (exact) mass is 308 g/mol. The van der Waals surface area contributed by atoms with Gasteiger partial charge in [0.25, 0.3) is 0 Å². The van der Waals surface area contributed by atoms with Crippen molar-refractivity contribution >= 4 is 21.4 Å². The fourth-order valence-corrected chi connectivity index (χ4v) is 3.13. The SMILES string of the molecule is NC(=O)c1ccc(CS(=O)(=O)c2ccc(N)c(F)c2)cc1. The average molecular weight is 308 g/mol. The van der Waals surface area contributed by atoms with Gasteiger partial charge in [0.1, 0.15) is 5.82 Å². The number of carbonyl (C=O) groups excluding carboxylic acids is 1. The number of sulfone groups is 1. The number of halogens is 1. The van der Waals surface area contributed by atoms with Crippen molar-refractivity contribution in [2.75, 3.05) is 5.73 Å². The lowest BCUT2D eigenvalue weighted by Crippen LogP contribution is -2.11. The molecule has 0 atom stereocenters. The highest BCUT2D eigenvalue weighted by Gasteiger charge is 2.17. The van der Waals surface area contributed by atoms with Crippen LogP contribution in [0, 0.1) is 5.82 Å². The molecule has 0 aliphatic carbocycles. The van der Waals surface area contributed by atoms with Crippen molar-refractivity contribution in [3.8, 4) is 0 Å². The zero-order valence-electron chi connectivity index (χ0n) is 10.9. The zero-order valence-corrected chi connectivity index (χ0v) is 11.7. The number of anilines is 1. The molecule has 0 heterocycles. The largest absolute Gasteiger partial charge is 0.396 e. The smallest absolute Gasteiger partial charge is 0.248 e. The summed E-state index contributed by atoms with van der Waals surface area (Å²) in [5.74, 6) is -1.68. The summed E-state index contributed by atoms with van der Waals surface area (Å²) in [6.45, 7) is 0. The van der Waals surface area contributed by atoms with E-state index in [-0.39, 0.29) is 21.9 Å². The van der Waals surface area contributed by atoms with E-state index in [0.717, 1.165) is 6.07 Å². The van der Waals surface area contributed by atoms with Gasteiger partial charge < -0.3 is 11.5 Å². The number of amides is 1. The van der Waals surface area contributed by atoms with Crippen LogP contribution < -0.4 is 11.5 Å². The Balaban J connectivity index is 2.28. The number of hydrogen-bond acceptors (Lipinski definition) is 4. The second-order valence-corrected chi connectivity index (χ2v) is 6.49. The first kappa shape index (κ1) is 15.0. The predicted octanol–water partition coefficient (Wildman–Crippen LogP) is 1.48. The number of rotatable bonds is 4. The van der Waals surface area contributed by atoms with Crippen LogP contribution in [0.5, 0.6) is 0 Å². The maximum absolute atomic E-state index is 13.3. The molecule has 5 nitrogen and oxygen atoms in total. The molecule has 2 rings (SSSR count). The fourth-order valence-electron chi connectivity index (χ4n) is 1.77. The van der Waals surface area contributed by atoms with Gasteiger partial charge in [0.05, 0.1) is 16.3 Å². The molecule has 1 amide bonds. The lowest BCUT2D eigenvalue weighted by atomic mass is 10.1. The summed E-state index contributed by atoms with van der Waals surface area (Å²) in [7, 11) is -3.70. The molecule has 21 heavy (non-hydrogen) atoms. The number of hydrogen-bond donors (Lipinski definition) is 2. The van der Waals surface area contributed by atoms with Crippen molar-refractivity contribution in [1.82, 2.24) is 0 Å². The van der Waals surface area contributed by atoms with Gasteiger partial charge in [-0.1, -0.05) is 12.1 Å². The Morgan fingerprint density at radius 3 is 2.24 bits per heavy atom. The molecule has 0 fully saturated rings. The Bertz CT molecular complexity index is 786. The molecule has 110 valence electrons. The summed E-state index contributed by atoms with van der Waals surface area (Å²) >= 11 is 0. The van der Waals surface area contributed by atoms with Crippen LogP contribution in [-0.2, 0) is 15.6 Å². The van der Waals surface area contributed by atoms with Crippen molar-refractivity contribution in [2.24, 2.45) is 5.73 Å². The maximum atomic E-state index is 13.3. The molecule has 0 aliphatic rings. The lowest BCUT2D eigenvalue weighted by Gasteiger charge is -2.06. The Labute approximate surface area is 121 Å². The Hall–Kier alpha value is -2.41. The minimum Gasteiger partial charge on any atom is -0.396 e. The topological polar surface area (TPSA) is 103 Å². The second kappa shape index (κ2) is 5.53. The van der Waals surface area contributed by atoms with E-state index >= 15 is 0 Å². The molecule has 0 aromatic heterocycles. The highest BCUT2D eigenvalue weighted by Crippen LogP contribution is 2.20. The van der Waals surface area contributed by atoms with Gasteiger partial charge in [-0.05, 0) is 35.9 Å². The van der Waals surface area contributed by atoms with Crippen LogP contribution in [0.4, 0.5) is 10.1 Å². The van der Waals surface area contributed by atoms with Crippen molar-refractivity contribution in [2.45, 2.75) is 10.6 Å². The standard InChI is InChI=1S/C14H13FN2O3S/c15-12-7-11(5-6-13(12)16)21(19,20)8-9-1-3-10(4-2-9)14(17)18/h1-7H,8,16H2,(H2,17,18). The first-order valence-corrected chi connectivity index (χ1v) is 7.61. The van der Waals surface area contributed by atoms with Crippen molar-refractivity contribution in [3.05, 3.63) is 59.4 Å². The number of nitrogens with two attached hydrogens (primary N) is 2. The van der Waals surface area contributed by atoms with Gasteiger partial charge in [0.2, 0.25) is 5.91 Å². The summed E-state index contributed by atoms with van der Waals surface area (Å²) < 4.78 is 37.7. The van der Waals surface area contributed by atoms with E-state index in [1.165, 1.54) is 36.4 Å². The Morgan fingerprint density at radius 1 is 1.10 bits per heavy atom. The summed E-state index contributed by atoms with van der Waals surface area (Å²) in [6.07, 6.45) is 0. The van der Waals surface area contributed by atoms with E-state index in [9.17, 15) is 17.6 Å². The average Bonchev–Trinajstić information content (AvgIpc) is 2.42. The van der Waals surface area contributed by atoms with Crippen LogP contribution >= 0.6 is 0 Å². The second-order valence-electron chi connectivity index (χ2n) is 4.50. The number of nitrogen functional groups attached to an aromatic ring is 1. The summed E-state index contributed by atoms with van der Waals surface area (Å²) in [5.41, 5.74) is 11.1. The summed E-state index contributed by atoms with van der Waals surface area (Å²) in [5, 5.41) is 0. The quantitative estimate of drug-likeness (QED) is 0.835. The van der Waals surface area contributed by atoms with Gasteiger partial charge in [0, 0.05) is 5.56 Å². The van der Waals surface area contributed by atoms with E-state index < -0.39 is 21.6 Å². The first-order chi connectivity index (χ1) is 9.79. The van der Waals surface area contributed by atoms with Gasteiger partial charge in [0.15, 0.2) is 9.84 Å². The molecule has 0 aliphatic heterocycles. The van der Waals surface area contributed by atoms with Gasteiger partial charge in [-0.2, -0.15) is 0 Å². The molecule has 2 aromatic carbocycles. The molecular formula is C14H13FN2O3S. The van der Waals surface area contributed by atoms with Crippen molar-refractivity contribution < 1.29 is 17.6 Å². The minimum absolute atomic E-state index is 0.111. The zero-order chi connectivity index (χ0) is 15.6. The highest BCUT2D eigenvalue weighted by atomic mass is 32.2. The predicted molar refractivity (Wildman–Crippen MR) is 76.7 cm³/mol. The summed E-state index contributed by atoms with van der Waals surface area (Å²) in [4.78, 5) is 10.8. The van der Waals surface area contributed by atoms with Crippen LogP contribution in [0.25, 0.3) is 0 Å². The van der Waals surface area contributed by atoms with Crippen LogP contribution in [-0.4, -0.2) is 14.3 Å². The molecule has 0 unspecified atom stereocenters. The molecule has 0 radical (unpaired) electrons. The molecule has 0 bridgehead atoms. The molecule has 0 saturated heterocycles. The molecule has 2 aromatic rings. The van der Waals surface area contributed by atoms with E-state index in [1.807, 2.05) is 0 Å². The van der Waals surface area contributed by atoms with E-state index in [1.54, 1.807) is 0 Å². The highest BCUT2D eigenvalue weighted by molar-refractivity contribution is 7.90. The number of primary amides is 1. The van der Waals surface area contributed by atoms with Gasteiger partial charge in [-0.3, -0.25) is 4.79 Å². The maximum Gasteiger partial charge on any atom is 0.248 e. The summed E-state index contributed by atoms with van der Waals surface area (Å²) in [6, 6.07) is 9.22. The third kappa shape index (κ3) is 3.38. The lowest BCUT2D eigenvalue weighted by molar-refractivity contribution is 0.100. The van der Waals surface area contributed by atoms with E-state index in [2.05, 4.69) is 0 Å². The van der Waals surface area contributed by atoms with Crippen LogP contribution in [0.15, 0.2) is 47.4 Å². The third-order valence-electron chi connectivity index (χ3n) is 2.93. The minimum atomic E-state index is -3.70. The Kier molecular flexibility index (Phi) is 3.95. The Morgan fingerprint density at radius 2 is 1.71 bits per heavy atom. The van der Waals surface area contributed by atoms with Crippen LogP contribution in [0.2, 0.25) is 0 Å². The first-order valence-electron chi connectivity index (χ1n) is 5.96. The molecule has 4 N–H and O–H groups in total. The van der Waals surface area contributed by atoms with Gasteiger partial charge in [-0.25, -0.2) is 12.8 Å². The molecule has 0 saturated carbocycles. The molecule has 7 heteroatoms. The van der Waals surface area contributed by atoms with E-state index in [0.29, 0.717) is 5.56 Å². The van der Waals surface area contributed by atoms with Crippen LogP contribution in [0.1, 0.15) is 15.9 Å². The van der Waals surface area contributed by atoms with Gasteiger partial charge >= 0.3 is 0 Å². The van der Waals surface area contributed by atoms with Gasteiger partial charge in [-0.15, -0.1) is 0 Å². The third-order valence-corrected chi connectivity index (χ3v) is 4.61. The van der Waals surface area contributed by atoms with Crippen molar-refractivity contribution in [1.29, 1.82) is 0 Å². The number of benzene rings is 2. The number of carbonyl (C=O) groups is 1. The molecular weight excluding hydrogens is 295 g/mol. The normalized spacial score (nSPS) is 11.3. The van der Waals surface area contributed by atoms with Crippen molar-refractivity contribution in [3.63, 3.8) is 0 Å². The fraction of sp³-hybridized carbons (Fsp3) is 0.0714. The molecule has 0 spiro atoms.